The fourth-order valence-corrected chi connectivity index (χ4v) is 3.51. The van der Waals surface area contributed by atoms with Gasteiger partial charge in [0, 0.05) is 28.1 Å². The molecular weight excluding hydrogens is 300 g/mol. The highest BCUT2D eigenvalue weighted by molar-refractivity contribution is 6.26. The largest absolute Gasteiger partial charge is 0.316 e. The summed E-state index contributed by atoms with van der Waals surface area (Å²) < 4.78 is 2.09. The van der Waals surface area contributed by atoms with E-state index in [4.69, 9.17) is 0 Å². The fourth-order valence-electron chi connectivity index (χ4n) is 3.51. The van der Waals surface area contributed by atoms with E-state index in [2.05, 4.69) is 28.1 Å². The summed E-state index contributed by atoms with van der Waals surface area (Å²) in [5.41, 5.74) is 3.13. The maximum absolute atomic E-state index is 12.2. The molecule has 0 aliphatic carbocycles. The van der Waals surface area contributed by atoms with Gasteiger partial charge in [-0.1, -0.05) is 30.3 Å². The van der Waals surface area contributed by atoms with Crippen LogP contribution < -0.4 is 5.32 Å². The van der Waals surface area contributed by atoms with Gasteiger partial charge >= 0.3 is 0 Å². The van der Waals surface area contributed by atoms with Crippen molar-refractivity contribution in [3.8, 4) is 5.69 Å². The molecule has 5 rings (SSSR count). The summed E-state index contributed by atoms with van der Waals surface area (Å²) in [5, 5.41) is 5.16. The molecule has 1 N–H and O–H groups in total. The van der Waals surface area contributed by atoms with Gasteiger partial charge in [-0.25, -0.2) is 0 Å². The molecule has 0 spiro atoms. The number of rotatable bonds is 1. The van der Waals surface area contributed by atoms with Crippen molar-refractivity contribution in [1.29, 1.82) is 0 Å². The van der Waals surface area contributed by atoms with Crippen LogP contribution in [-0.2, 0) is 0 Å². The smallest absolute Gasteiger partial charge is 0.258 e. The second-order valence-corrected chi connectivity index (χ2v) is 5.89. The van der Waals surface area contributed by atoms with Crippen LogP contribution >= 0.6 is 0 Å². The van der Waals surface area contributed by atoms with Crippen LogP contribution in [0.3, 0.4) is 0 Å². The zero-order valence-corrected chi connectivity index (χ0v) is 12.6. The van der Waals surface area contributed by atoms with Crippen molar-refractivity contribution in [1.82, 2.24) is 9.88 Å². The monoisotopic (exact) mass is 312 g/mol. The van der Waals surface area contributed by atoms with Gasteiger partial charge < -0.3 is 4.57 Å². The van der Waals surface area contributed by atoms with E-state index < -0.39 is 0 Å². The van der Waals surface area contributed by atoms with E-state index in [0.717, 1.165) is 27.4 Å². The predicted molar refractivity (Wildman–Crippen MR) is 92.6 cm³/mol. The van der Waals surface area contributed by atoms with Crippen LogP contribution in [-0.4, -0.2) is 16.4 Å². The molecule has 0 saturated heterocycles. The van der Waals surface area contributed by atoms with Gasteiger partial charge in [0.1, 0.15) is 0 Å². The molecule has 4 heteroatoms. The van der Waals surface area contributed by atoms with Crippen LogP contribution in [0.2, 0.25) is 0 Å². The van der Waals surface area contributed by atoms with Crippen LogP contribution in [0.1, 0.15) is 20.7 Å². The lowest BCUT2D eigenvalue weighted by atomic mass is 9.94. The molecule has 3 aromatic carbocycles. The lowest BCUT2D eigenvalue weighted by Crippen LogP contribution is -2.34. The van der Waals surface area contributed by atoms with Gasteiger partial charge in [0.15, 0.2) is 0 Å². The molecule has 1 aliphatic rings. The summed E-state index contributed by atoms with van der Waals surface area (Å²) in [6.45, 7) is 0. The number of imide groups is 1. The van der Waals surface area contributed by atoms with Gasteiger partial charge in [-0.05, 0) is 35.7 Å². The molecule has 2 amide bonds. The molecule has 24 heavy (non-hydrogen) atoms. The Morgan fingerprint density at radius 2 is 1.54 bits per heavy atom. The van der Waals surface area contributed by atoms with Gasteiger partial charge in [0.2, 0.25) is 0 Å². The van der Waals surface area contributed by atoms with Crippen LogP contribution in [0, 0.1) is 0 Å². The third kappa shape index (κ3) is 1.62. The van der Waals surface area contributed by atoms with E-state index in [1.807, 2.05) is 36.5 Å². The van der Waals surface area contributed by atoms with E-state index in [9.17, 15) is 9.59 Å². The Labute approximate surface area is 137 Å². The minimum Gasteiger partial charge on any atom is -0.316 e. The molecule has 1 aliphatic heterocycles. The summed E-state index contributed by atoms with van der Waals surface area (Å²) in [7, 11) is 0. The standard InChI is InChI=1S/C20H12N2O2/c23-19-14-6-3-5-13-17(9-8-15(18(13)14)20(24)21-19)22-11-10-12-4-1-2-7-16(12)22/h1-11H,(H,21,23,24). The SMILES string of the molecule is O=C1NC(=O)c2ccc(-n3ccc4ccccc43)c3cccc1c23. The molecule has 2 heterocycles. The lowest BCUT2D eigenvalue weighted by Gasteiger charge is -2.19. The highest BCUT2D eigenvalue weighted by Gasteiger charge is 2.25. The molecule has 0 atom stereocenters. The first kappa shape index (κ1) is 13.1. The topological polar surface area (TPSA) is 51.1 Å². The highest BCUT2D eigenvalue weighted by atomic mass is 16.2. The molecule has 0 bridgehead atoms. The third-order valence-corrected chi connectivity index (χ3v) is 4.59. The minimum absolute atomic E-state index is 0.340. The van der Waals surface area contributed by atoms with E-state index in [1.165, 1.54) is 0 Å². The number of benzene rings is 3. The fraction of sp³-hybridized carbons (Fsp3) is 0. The maximum atomic E-state index is 12.2. The Morgan fingerprint density at radius 3 is 2.42 bits per heavy atom. The Bertz CT molecular complexity index is 1150. The van der Waals surface area contributed by atoms with Crippen LogP contribution in [0.15, 0.2) is 66.9 Å². The van der Waals surface area contributed by atoms with Crippen LogP contribution in [0.5, 0.6) is 0 Å². The van der Waals surface area contributed by atoms with Crippen LogP contribution in [0.4, 0.5) is 0 Å². The number of carbonyl (C=O) groups excluding carboxylic acids is 2. The average molecular weight is 312 g/mol. The van der Waals surface area contributed by atoms with E-state index in [1.54, 1.807) is 12.1 Å². The number of hydrogen-bond acceptors (Lipinski definition) is 2. The van der Waals surface area contributed by atoms with Gasteiger partial charge in [-0.2, -0.15) is 0 Å². The molecule has 0 unspecified atom stereocenters. The first-order valence-corrected chi connectivity index (χ1v) is 7.72. The van der Waals surface area contributed by atoms with E-state index >= 15 is 0 Å². The normalized spacial score (nSPS) is 13.5. The number of hydrogen-bond donors (Lipinski definition) is 1. The van der Waals surface area contributed by atoms with Crippen molar-refractivity contribution in [3.63, 3.8) is 0 Å². The minimum atomic E-state index is -0.340. The molecule has 0 fully saturated rings. The third-order valence-electron chi connectivity index (χ3n) is 4.59. The summed E-state index contributed by atoms with van der Waals surface area (Å²) in [4.78, 5) is 24.3. The zero-order valence-electron chi connectivity index (χ0n) is 12.6. The summed E-state index contributed by atoms with van der Waals surface area (Å²) in [5.74, 6) is -0.680. The zero-order chi connectivity index (χ0) is 16.3. The van der Waals surface area contributed by atoms with Gasteiger partial charge in [0.05, 0.1) is 11.2 Å². The first-order chi connectivity index (χ1) is 11.7. The quantitative estimate of drug-likeness (QED) is 0.545. The van der Waals surface area contributed by atoms with Crippen molar-refractivity contribution >= 4 is 33.5 Å². The molecule has 0 radical (unpaired) electrons. The van der Waals surface area contributed by atoms with E-state index in [0.29, 0.717) is 11.1 Å². The van der Waals surface area contributed by atoms with Crippen molar-refractivity contribution in [3.05, 3.63) is 78.0 Å². The molecule has 0 saturated carbocycles. The first-order valence-electron chi connectivity index (χ1n) is 7.72. The Balaban J connectivity index is 1.91. The maximum Gasteiger partial charge on any atom is 0.258 e. The van der Waals surface area contributed by atoms with Crippen molar-refractivity contribution in [2.75, 3.05) is 0 Å². The number of nitrogens with zero attached hydrogens (tertiary/aromatic N) is 1. The predicted octanol–water partition coefficient (Wildman–Crippen LogP) is 3.67. The summed E-state index contributed by atoms with van der Waals surface area (Å²) in [6, 6.07) is 19.5. The summed E-state index contributed by atoms with van der Waals surface area (Å²) in [6.07, 6.45) is 2.01. The summed E-state index contributed by atoms with van der Waals surface area (Å²) >= 11 is 0. The van der Waals surface area contributed by atoms with Crippen LogP contribution in [0.25, 0.3) is 27.4 Å². The van der Waals surface area contributed by atoms with Gasteiger partial charge in [-0.3, -0.25) is 14.9 Å². The number of para-hydroxylation sites is 1. The Morgan fingerprint density at radius 1 is 0.750 bits per heavy atom. The molecular formula is C20H12N2O2. The number of fused-ring (bicyclic) bond motifs is 1. The number of carbonyl (C=O) groups is 2. The number of aromatic nitrogens is 1. The number of nitrogens with one attached hydrogen (secondary N) is 1. The van der Waals surface area contributed by atoms with Gasteiger partial charge in [-0.15, -0.1) is 0 Å². The Kier molecular flexibility index (Phi) is 2.48. The van der Waals surface area contributed by atoms with Crippen molar-refractivity contribution in [2.45, 2.75) is 0 Å². The van der Waals surface area contributed by atoms with Crippen molar-refractivity contribution < 1.29 is 9.59 Å². The second kappa shape index (κ2) is 4.55. The average Bonchev–Trinajstić information content (AvgIpc) is 3.03. The number of amides is 2. The molecule has 114 valence electrons. The Hall–Kier alpha value is -3.40. The molecule has 4 aromatic rings. The lowest BCUT2D eigenvalue weighted by molar-refractivity contribution is 0.0845. The molecule has 4 nitrogen and oxygen atoms in total. The molecule has 1 aromatic heterocycles. The van der Waals surface area contributed by atoms with Gasteiger partial charge in [0.25, 0.3) is 11.8 Å². The van der Waals surface area contributed by atoms with E-state index in [-0.39, 0.29) is 11.8 Å². The van der Waals surface area contributed by atoms with Crippen molar-refractivity contribution in [2.24, 2.45) is 0 Å². The highest BCUT2D eigenvalue weighted by Crippen LogP contribution is 2.32. The second-order valence-electron chi connectivity index (χ2n) is 5.89.